The molecular formula is C46H88NO10P. The highest BCUT2D eigenvalue weighted by Crippen LogP contribution is 2.38. The van der Waals surface area contributed by atoms with E-state index >= 15 is 0 Å². The molecule has 11 nitrogen and oxygen atoms in total. The van der Waals surface area contributed by atoms with Crippen LogP contribution in [0.5, 0.6) is 0 Å². The summed E-state index contributed by atoms with van der Waals surface area (Å²) in [6, 6.07) is 0. The van der Waals surface area contributed by atoms with E-state index in [1.165, 1.54) is 77.0 Å². The molecule has 0 aliphatic heterocycles. The number of rotatable bonds is 42. The Morgan fingerprint density at radius 1 is 0.603 bits per heavy atom. The van der Waals surface area contributed by atoms with E-state index in [9.17, 15) is 29.3 Å². The van der Waals surface area contributed by atoms with E-state index in [0.29, 0.717) is 36.7 Å². The lowest BCUT2D eigenvalue weighted by atomic mass is 10.0. The summed E-state index contributed by atoms with van der Waals surface area (Å²) in [6.45, 7) is 3.99. The van der Waals surface area contributed by atoms with Crippen molar-refractivity contribution in [1.82, 2.24) is 0 Å². The quantitative estimate of drug-likeness (QED) is 0.0200. The predicted octanol–water partition coefficient (Wildman–Crippen LogP) is 10.4. The minimum absolute atomic E-state index is 0.0590. The van der Waals surface area contributed by atoms with E-state index in [2.05, 4.69) is 32.1 Å². The van der Waals surface area contributed by atoms with Crippen LogP contribution in [0.2, 0.25) is 0 Å². The van der Waals surface area contributed by atoms with E-state index in [0.717, 1.165) is 64.2 Å². The van der Waals surface area contributed by atoms with Gasteiger partial charge in [0.2, 0.25) is 0 Å². The first kappa shape index (κ1) is 56.4. The van der Waals surface area contributed by atoms with Crippen molar-refractivity contribution in [1.29, 1.82) is 0 Å². The Kier molecular flexibility index (Phi) is 37.3. The Balaban J connectivity index is 4.44. The number of carbonyl (C=O) groups is 2. The van der Waals surface area contributed by atoms with Crippen molar-refractivity contribution in [3.63, 3.8) is 0 Å². The number of phosphoric ester groups is 1. The number of quaternary nitrogens is 1. The summed E-state index contributed by atoms with van der Waals surface area (Å²) in [5.74, 6) is -0.948. The number of ether oxygens (including phenoxy) is 2. The molecule has 4 atom stereocenters. The molecule has 12 heteroatoms. The van der Waals surface area contributed by atoms with Crippen LogP contribution in [-0.2, 0) is 32.7 Å². The molecule has 2 N–H and O–H groups in total. The molecule has 0 aliphatic carbocycles. The number of hydrogen-bond donors (Lipinski definition) is 2. The second-order valence-corrected chi connectivity index (χ2v) is 18.5. The normalized spacial score (nSPS) is 14.8. The van der Waals surface area contributed by atoms with Crippen molar-refractivity contribution < 1.29 is 52.3 Å². The minimum atomic E-state index is -4.67. The molecule has 0 fully saturated rings. The highest BCUT2D eigenvalue weighted by molar-refractivity contribution is 7.45. The highest BCUT2D eigenvalue weighted by Gasteiger charge is 2.22. The van der Waals surface area contributed by atoms with Gasteiger partial charge in [-0.25, -0.2) is 0 Å². The molecule has 0 amide bonds. The largest absolute Gasteiger partial charge is 0.756 e. The fourth-order valence-corrected chi connectivity index (χ4v) is 7.05. The van der Waals surface area contributed by atoms with Gasteiger partial charge < -0.3 is 38.1 Å². The number of hydrogen-bond acceptors (Lipinski definition) is 10. The lowest BCUT2D eigenvalue weighted by molar-refractivity contribution is -0.870. The van der Waals surface area contributed by atoms with Crippen LogP contribution in [0.4, 0.5) is 0 Å². The Labute approximate surface area is 354 Å². The molecule has 342 valence electrons. The zero-order chi connectivity index (χ0) is 43.2. The molecule has 0 aliphatic rings. The molecular weight excluding hydrogens is 757 g/mol. The summed E-state index contributed by atoms with van der Waals surface area (Å²) in [6.07, 6.45) is 33.6. The predicted molar refractivity (Wildman–Crippen MR) is 234 cm³/mol. The average molecular weight is 846 g/mol. The Morgan fingerprint density at radius 3 is 1.64 bits per heavy atom. The van der Waals surface area contributed by atoms with Gasteiger partial charge >= 0.3 is 11.9 Å². The number of carbonyl (C=O) groups excluding carboxylic acids is 2. The maximum atomic E-state index is 12.7. The Morgan fingerprint density at radius 2 is 1.07 bits per heavy atom. The Bertz CT molecular complexity index is 1080. The summed E-state index contributed by atoms with van der Waals surface area (Å²) in [5.41, 5.74) is 0. The SMILES string of the molecule is CCCCC/C=C\C[C@H](O)[C@@H](O)CCCCCCCC(=O)O[C@H](COC(=O)CCCCCCCCC/C=C\CCCCCCCC)COP(=O)([O-])OCC[N+](C)(C)C. The third-order valence-electron chi connectivity index (χ3n) is 10.1. The van der Waals surface area contributed by atoms with E-state index in [1.807, 2.05) is 27.2 Å². The van der Waals surface area contributed by atoms with Gasteiger partial charge in [-0.05, 0) is 64.2 Å². The molecule has 0 radical (unpaired) electrons. The highest BCUT2D eigenvalue weighted by atomic mass is 31.2. The molecule has 0 aromatic carbocycles. The lowest BCUT2D eigenvalue weighted by Gasteiger charge is -2.28. The molecule has 1 unspecified atom stereocenters. The standard InChI is InChI=1S/C46H88NO10P/c1-6-8-10-12-14-15-16-17-18-19-20-21-22-23-24-28-32-36-45(50)54-40-42(41-56-58(52,53)55-39-38-47(3,4)5)57-46(51)37-33-29-25-27-31-35-44(49)43(48)34-30-26-13-11-9-7-2/h17-18,26,30,42-44,48-49H,6-16,19-25,27-29,31-41H2,1-5H3/b18-17-,30-26-/t42-,43+,44+/m1/s1. The van der Waals surface area contributed by atoms with Gasteiger partial charge in [-0.2, -0.15) is 0 Å². The Hall–Kier alpha value is -1.59. The van der Waals surface area contributed by atoms with Gasteiger partial charge in [0.05, 0.1) is 40.0 Å². The van der Waals surface area contributed by atoms with Gasteiger partial charge in [0, 0.05) is 12.8 Å². The van der Waals surface area contributed by atoms with Crippen LogP contribution in [0.1, 0.15) is 194 Å². The summed E-state index contributed by atoms with van der Waals surface area (Å²) in [7, 11) is 1.07. The van der Waals surface area contributed by atoms with Gasteiger partial charge in [0.1, 0.15) is 19.8 Å². The smallest absolute Gasteiger partial charge is 0.306 e. The average Bonchev–Trinajstić information content (AvgIpc) is 3.17. The van der Waals surface area contributed by atoms with E-state index in [1.54, 1.807) is 0 Å². The topological polar surface area (TPSA) is 152 Å². The lowest BCUT2D eigenvalue weighted by Crippen LogP contribution is -2.37. The maximum Gasteiger partial charge on any atom is 0.306 e. The fourth-order valence-electron chi connectivity index (χ4n) is 6.32. The molecule has 58 heavy (non-hydrogen) atoms. The zero-order valence-corrected chi connectivity index (χ0v) is 38.6. The number of likely N-dealkylation sites (N-methyl/N-ethyl adjacent to an activating group) is 1. The summed E-state index contributed by atoms with van der Waals surface area (Å²) >= 11 is 0. The fraction of sp³-hybridized carbons (Fsp3) is 0.870. The van der Waals surface area contributed by atoms with Crippen molar-refractivity contribution >= 4 is 19.8 Å². The zero-order valence-electron chi connectivity index (χ0n) is 37.7. The van der Waals surface area contributed by atoms with Gasteiger partial charge in [0.15, 0.2) is 6.10 Å². The number of phosphoric acid groups is 1. The van der Waals surface area contributed by atoms with Crippen molar-refractivity contribution in [3.8, 4) is 0 Å². The summed E-state index contributed by atoms with van der Waals surface area (Å²) in [4.78, 5) is 37.6. The van der Waals surface area contributed by atoms with Crippen molar-refractivity contribution in [2.75, 3.05) is 47.5 Å². The van der Waals surface area contributed by atoms with Crippen LogP contribution in [0.25, 0.3) is 0 Å². The third-order valence-corrected chi connectivity index (χ3v) is 11.1. The van der Waals surface area contributed by atoms with E-state index < -0.39 is 44.7 Å². The molecule has 0 aromatic rings. The number of unbranched alkanes of at least 4 members (excludes halogenated alkanes) is 20. The van der Waals surface area contributed by atoms with Crippen molar-refractivity contribution in [3.05, 3.63) is 24.3 Å². The number of allylic oxidation sites excluding steroid dienone is 3. The number of aliphatic hydroxyl groups is 2. The molecule has 0 spiro atoms. The number of esters is 2. The molecule has 0 saturated heterocycles. The van der Waals surface area contributed by atoms with Crippen LogP contribution in [0.15, 0.2) is 24.3 Å². The molecule has 0 bridgehead atoms. The molecule has 0 saturated carbocycles. The van der Waals surface area contributed by atoms with Gasteiger partial charge in [-0.3, -0.25) is 14.2 Å². The second kappa shape index (κ2) is 38.3. The summed E-state index contributed by atoms with van der Waals surface area (Å²) in [5, 5.41) is 20.5. The molecule has 0 heterocycles. The van der Waals surface area contributed by atoms with Crippen LogP contribution in [0, 0.1) is 0 Å². The van der Waals surface area contributed by atoms with Crippen LogP contribution >= 0.6 is 7.82 Å². The van der Waals surface area contributed by atoms with Gasteiger partial charge in [-0.15, -0.1) is 0 Å². The monoisotopic (exact) mass is 846 g/mol. The maximum absolute atomic E-state index is 12.7. The molecule has 0 aromatic heterocycles. The molecule has 0 rings (SSSR count). The first-order valence-electron chi connectivity index (χ1n) is 23.2. The third kappa shape index (κ3) is 39.8. The van der Waals surface area contributed by atoms with Crippen LogP contribution in [0.3, 0.4) is 0 Å². The van der Waals surface area contributed by atoms with Crippen molar-refractivity contribution in [2.24, 2.45) is 0 Å². The minimum Gasteiger partial charge on any atom is -0.756 e. The first-order valence-corrected chi connectivity index (χ1v) is 24.7. The second-order valence-electron chi connectivity index (χ2n) is 17.1. The van der Waals surface area contributed by atoms with Crippen molar-refractivity contribution in [2.45, 2.75) is 212 Å². The number of aliphatic hydroxyl groups excluding tert-OH is 2. The number of nitrogens with zero attached hydrogens (tertiary/aromatic N) is 1. The van der Waals surface area contributed by atoms with Gasteiger partial charge in [0.25, 0.3) is 7.82 Å². The first-order chi connectivity index (χ1) is 27.8. The summed E-state index contributed by atoms with van der Waals surface area (Å²) < 4.78 is 33.8. The van der Waals surface area contributed by atoms with Crippen LogP contribution < -0.4 is 4.89 Å². The van der Waals surface area contributed by atoms with E-state index in [4.69, 9.17) is 18.5 Å². The van der Waals surface area contributed by atoms with Gasteiger partial charge in [-0.1, -0.05) is 141 Å². The van der Waals surface area contributed by atoms with E-state index in [-0.39, 0.29) is 26.1 Å². The van der Waals surface area contributed by atoms with Crippen LogP contribution in [-0.4, -0.2) is 92.5 Å².